The number of benzene rings is 2. The first-order chi connectivity index (χ1) is 18.2. The number of carbonyl (C=O) groups is 2. The van der Waals surface area contributed by atoms with Gasteiger partial charge in [0.2, 0.25) is 0 Å². The smallest absolute Gasteiger partial charge is 0.335 e. The van der Waals surface area contributed by atoms with E-state index < -0.39 is 17.4 Å². The van der Waals surface area contributed by atoms with Gasteiger partial charge in [0, 0.05) is 29.0 Å². The van der Waals surface area contributed by atoms with E-state index in [1.54, 1.807) is 31.2 Å². The van der Waals surface area contributed by atoms with E-state index in [4.69, 9.17) is 11.6 Å². The van der Waals surface area contributed by atoms with Gasteiger partial charge in [0.15, 0.2) is 5.49 Å². The summed E-state index contributed by atoms with van der Waals surface area (Å²) in [6.07, 6.45) is 1.59. The molecule has 0 spiro atoms. The number of amides is 1. The summed E-state index contributed by atoms with van der Waals surface area (Å²) in [6.45, 7) is 4.31. The second-order valence-electron chi connectivity index (χ2n) is 8.64. The molecule has 2 heterocycles. The highest BCUT2D eigenvalue weighted by Gasteiger charge is 2.29. The van der Waals surface area contributed by atoms with E-state index in [1.165, 1.54) is 22.8 Å². The predicted octanol–water partition coefficient (Wildman–Crippen LogP) is 1.13. The van der Waals surface area contributed by atoms with Gasteiger partial charge < -0.3 is 20.2 Å². The minimum atomic E-state index is -1.17. The summed E-state index contributed by atoms with van der Waals surface area (Å²) in [6, 6.07) is 11.1. The van der Waals surface area contributed by atoms with Crippen LogP contribution in [0.3, 0.4) is 0 Å². The number of hydrogen-bond acceptors (Lipinski definition) is 7. The van der Waals surface area contributed by atoms with E-state index in [0.29, 0.717) is 29.2 Å². The number of carbonyl (C=O) groups excluding carboxylic acids is 1. The molecule has 3 aromatic rings. The SMILES string of the molecule is CCN(CCO)c1ccc(/C=c2\c(C)c3c(n(-c4cccc(C(=O)O)c4)c2=O)=NN(CCO)C3=O)c(Cl)c1. The Morgan fingerprint density at radius 2 is 1.89 bits per heavy atom. The van der Waals surface area contributed by atoms with Crippen molar-refractivity contribution in [1.29, 1.82) is 0 Å². The Morgan fingerprint density at radius 1 is 1.13 bits per heavy atom. The second-order valence-corrected chi connectivity index (χ2v) is 9.05. The largest absolute Gasteiger partial charge is 0.478 e. The van der Waals surface area contributed by atoms with Crippen LogP contribution in [0, 0.1) is 6.92 Å². The van der Waals surface area contributed by atoms with Crippen LogP contribution in [-0.2, 0) is 0 Å². The first-order valence-electron chi connectivity index (χ1n) is 12.0. The number of anilines is 1. The zero-order chi connectivity index (χ0) is 27.6. The van der Waals surface area contributed by atoms with E-state index in [-0.39, 0.29) is 47.3 Å². The Hall–Kier alpha value is -3.99. The maximum atomic E-state index is 13.9. The van der Waals surface area contributed by atoms with Gasteiger partial charge in [-0.15, -0.1) is 0 Å². The van der Waals surface area contributed by atoms with Crippen molar-refractivity contribution in [3.63, 3.8) is 0 Å². The summed E-state index contributed by atoms with van der Waals surface area (Å²) in [4.78, 5) is 40.6. The van der Waals surface area contributed by atoms with Crippen molar-refractivity contribution in [2.45, 2.75) is 13.8 Å². The van der Waals surface area contributed by atoms with Crippen molar-refractivity contribution in [2.75, 3.05) is 37.7 Å². The monoisotopic (exact) mass is 538 g/mol. The highest BCUT2D eigenvalue weighted by Crippen LogP contribution is 2.24. The van der Waals surface area contributed by atoms with Crippen molar-refractivity contribution in [2.24, 2.45) is 5.10 Å². The van der Waals surface area contributed by atoms with Crippen LogP contribution in [0.4, 0.5) is 5.69 Å². The topological polar surface area (TPSA) is 136 Å². The van der Waals surface area contributed by atoms with Gasteiger partial charge in [-0.2, -0.15) is 5.10 Å². The number of pyridine rings is 1. The zero-order valence-corrected chi connectivity index (χ0v) is 21.6. The zero-order valence-electron chi connectivity index (χ0n) is 20.9. The van der Waals surface area contributed by atoms with Crippen LogP contribution >= 0.6 is 11.6 Å². The Balaban J connectivity index is 1.99. The molecule has 0 saturated carbocycles. The lowest BCUT2D eigenvalue weighted by atomic mass is 10.0. The third-order valence-electron chi connectivity index (χ3n) is 6.38. The number of aromatic carboxylic acids is 1. The van der Waals surface area contributed by atoms with Crippen molar-refractivity contribution >= 4 is 35.2 Å². The molecule has 3 N–H and O–H groups in total. The Labute approximate surface area is 222 Å². The molecule has 1 aliphatic rings. The lowest BCUT2D eigenvalue weighted by molar-refractivity contribution is 0.0695. The van der Waals surface area contributed by atoms with Crippen molar-refractivity contribution in [3.8, 4) is 5.69 Å². The number of carboxylic acid groups (broad SMARTS) is 1. The third kappa shape index (κ3) is 4.93. The maximum absolute atomic E-state index is 13.9. The quantitative estimate of drug-likeness (QED) is 0.371. The van der Waals surface area contributed by atoms with Gasteiger partial charge in [0.05, 0.1) is 36.6 Å². The summed E-state index contributed by atoms with van der Waals surface area (Å²) >= 11 is 6.59. The fraction of sp³-hybridized carbons (Fsp3) is 0.259. The molecule has 10 nitrogen and oxygen atoms in total. The summed E-state index contributed by atoms with van der Waals surface area (Å²) in [7, 11) is 0. The number of fused-ring (bicyclic) bond motifs is 1. The molecular weight excluding hydrogens is 512 g/mol. The molecule has 1 aromatic heterocycles. The van der Waals surface area contributed by atoms with Gasteiger partial charge in [0.1, 0.15) is 0 Å². The van der Waals surface area contributed by atoms with Gasteiger partial charge in [-0.1, -0.05) is 23.7 Å². The third-order valence-corrected chi connectivity index (χ3v) is 6.70. The minimum absolute atomic E-state index is 0.0113. The standard InChI is InChI=1S/C27H27ClN4O6/c1-3-30(9-11-33)19-8-7-17(22(28)15-19)14-21-16(2)23-24(29-31(10-12-34)26(23)36)32(25(21)35)20-6-4-5-18(13-20)27(37)38/h4-8,13-15,33-34H,3,9-12H2,1-2H3,(H,37,38)/b21-14+. The number of aliphatic hydroxyl groups excluding tert-OH is 2. The van der Waals surface area contributed by atoms with Crippen LogP contribution < -0.4 is 21.2 Å². The molecule has 0 aliphatic carbocycles. The number of aliphatic hydroxyl groups is 2. The number of rotatable bonds is 9. The van der Waals surface area contributed by atoms with Crippen LogP contribution in [0.25, 0.3) is 11.8 Å². The minimum Gasteiger partial charge on any atom is -0.478 e. The summed E-state index contributed by atoms with van der Waals surface area (Å²) in [5.74, 6) is -1.65. The molecule has 198 valence electrons. The molecule has 1 aliphatic heterocycles. The number of nitrogens with zero attached hydrogens (tertiary/aromatic N) is 4. The van der Waals surface area contributed by atoms with Gasteiger partial charge in [-0.3, -0.25) is 14.2 Å². The molecule has 0 radical (unpaired) electrons. The van der Waals surface area contributed by atoms with Gasteiger partial charge in [0.25, 0.3) is 11.5 Å². The molecule has 11 heteroatoms. The van der Waals surface area contributed by atoms with Crippen LogP contribution in [-0.4, -0.2) is 69.6 Å². The molecule has 38 heavy (non-hydrogen) atoms. The number of halogens is 1. The number of carboxylic acids is 1. The van der Waals surface area contributed by atoms with E-state index in [1.807, 2.05) is 17.9 Å². The van der Waals surface area contributed by atoms with E-state index in [0.717, 1.165) is 10.7 Å². The number of β-amino-alcohol motifs (C(OH)–C–C–N with tert-alkyl or cyclic N) is 1. The van der Waals surface area contributed by atoms with E-state index in [9.17, 15) is 29.7 Å². The number of aromatic nitrogens is 1. The van der Waals surface area contributed by atoms with Crippen LogP contribution in [0.2, 0.25) is 5.02 Å². The fourth-order valence-corrected chi connectivity index (χ4v) is 4.67. The average Bonchev–Trinajstić information content (AvgIpc) is 3.21. The molecule has 0 unspecified atom stereocenters. The van der Waals surface area contributed by atoms with Gasteiger partial charge >= 0.3 is 5.97 Å². The lowest BCUT2D eigenvalue weighted by Gasteiger charge is -2.22. The van der Waals surface area contributed by atoms with Crippen LogP contribution in [0.15, 0.2) is 52.4 Å². The second kappa shape index (κ2) is 11.2. The van der Waals surface area contributed by atoms with Crippen molar-refractivity contribution in [1.82, 2.24) is 9.58 Å². The van der Waals surface area contributed by atoms with Gasteiger partial charge in [-0.25, -0.2) is 9.80 Å². The number of likely N-dealkylation sites (N-methyl/N-ethyl adjacent to an activating group) is 1. The molecule has 2 aromatic carbocycles. The first-order valence-corrected chi connectivity index (χ1v) is 12.4. The summed E-state index contributed by atoms with van der Waals surface area (Å²) in [5.41, 5.74) is 1.66. The van der Waals surface area contributed by atoms with E-state index >= 15 is 0 Å². The Morgan fingerprint density at radius 3 is 2.53 bits per heavy atom. The maximum Gasteiger partial charge on any atom is 0.335 e. The highest BCUT2D eigenvalue weighted by atomic mass is 35.5. The summed E-state index contributed by atoms with van der Waals surface area (Å²) < 4.78 is 1.21. The van der Waals surface area contributed by atoms with Crippen molar-refractivity contribution < 1.29 is 24.9 Å². The average molecular weight is 539 g/mol. The highest BCUT2D eigenvalue weighted by molar-refractivity contribution is 6.32. The van der Waals surface area contributed by atoms with E-state index in [2.05, 4.69) is 5.10 Å². The molecule has 4 rings (SSSR count). The fourth-order valence-electron chi connectivity index (χ4n) is 4.44. The molecule has 0 fully saturated rings. The Kier molecular flexibility index (Phi) is 7.96. The first kappa shape index (κ1) is 27.1. The molecule has 0 saturated heterocycles. The molecule has 1 amide bonds. The summed E-state index contributed by atoms with van der Waals surface area (Å²) in [5, 5.41) is 34.1. The van der Waals surface area contributed by atoms with Crippen LogP contribution in [0.1, 0.15) is 38.8 Å². The Bertz CT molecular complexity index is 1600. The molecule has 0 bridgehead atoms. The normalized spacial score (nSPS) is 13.0. The molecule has 0 atom stereocenters. The lowest BCUT2D eigenvalue weighted by Crippen LogP contribution is -2.45. The van der Waals surface area contributed by atoms with Crippen LogP contribution in [0.5, 0.6) is 0 Å². The number of hydrogen-bond donors (Lipinski definition) is 3. The predicted molar refractivity (Wildman–Crippen MR) is 143 cm³/mol. The van der Waals surface area contributed by atoms with Crippen molar-refractivity contribution in [3.05, 3.63) is 90.8 Å². The molecular formula is C27H27ClN4O6. The van der Waals surface area contributed by atoms with Gasteiger partial charge in [-0.05, 0) is 61.4 Å².